The molecule has 5 nitrogen and oxygen atoms in total. The largest absolute Gasteiger partial charge is 0.491 e. The molecule has 2 amide bonds. The van der Waals surface area contributed by atoms with Crippen LogP contribution in [-0.2, 0) is 9.59 Å². The Morgan fingerprint density at radius 2 is 1.66 bits per heavy atom. The number of nitrogens with zero attached hydrogens (tertiary/aromatic N) is 1. The lowest BCUT2D eigenvalue weighted by Crippen LogP contribution is -2.33. The first kappa shape index (κ1) is 20.6. The summed E-state index contributed by atoms with van der Waals surface area (Å²) >= 11 is 0. The van der Waals surface area contributed by atoms with Gasteiger partial charge in [0.05, 0.1) is 11.7 Å². The Balaban J connectivity index is 2.02. The standard InChI is InChI=1S/C24H28N2O3/c1-6-13-26-23(27)21(18-8-11-20(12-9-18)29-15(2)3)22(24(26)28)25-19-10-7-16(4)17(5)14-19/h7-12,14-15,25H,6,13H2,1-5H3. The summed E-state index contributed by atoms with van der Waals surface area (Å²) in [6.45, 7) is 10.3. The minimum atomic E-state index is -0.285. The molecule has 1 N–H and O–H groups in total. The smallest absolute Gasteiger partial charge is 0.278 e. The minimum Gasteiger partial charge on any atom is -0.491 e. The van der Waals surface area contributed by atoms with Crippen LogP contribution in [0.2, 0.25) is 0 Å². The Morgan fingerprint density at radius 3 is 2.24 bits per heavy atom. The molecular weight excluding hydrogens is 364 g/mol. The Morgan fingerprint density at radius 1 is 0.966 bits per heavy atom. The highest BCUT2D eigenvalue weighted by atomic mass is 16.5. The molecule has 0 atom stereocenters. The zero-order valence-corrected chi connectivity index (χ0v) is 17.7. The van der Waals surface area contributed by atoms with Gasteiger partial charge in [0.1, 0.15) is 11.4 Å². The summed E-state index contributed by atoms with van der Waals surface area (Å²) in [5, 5.41) is 3.21. The molecule has 0 aliphatic carbocycles. The number of rotatable bonds is 7. The molecule has 29 heavy (non-hydrogen) atoms. The zero-order chi connectivity index (χ0) is 21.1. The van der Waals surface area contributed by atoms with Crippen LogP contribution in [0.4, 0.5) is 5.69 Å². The van der Waals surface area contributed by atoms with Gasteiger partial charge in [-0.1, -0.05) is 25.1 Å². The number of nitrogens with one attached hydrogen (secondary N) is 1. The molecule has 0 aromatic heterocycles. The van der Waals surface area contributed by atoms with E-state index in [2.05, 4.69) is 5.32 Å². The number of ether oxygens (including phenoxy) is 1. The third-order valence-electron chi connectivity index (χ3n) is 4.91. The highest BCUT2D eigenvalue weighted by Crippen LogP contribution is 2.32. The van der Waals surface area contributed by atoms with E-state index in [4.69, 9.17) is 4.74 Å². The van der Waals surface area contributed by atoms with Crippen molar-refractivity contribution in [1.82, 2.24) is 4.90 Å². The average Bonchev–Trinajstić information content (AvgIpc) is 2.90. The molecule has 0 unspecified atom stereocenters. The zero-order valence-electron chi connectivity index (χ0n) is 17.7. The second-order valence-corrected chi connectivity index (χ2v) is 7.63. The molecular formula is C24H28N2O3. The van der Waals surface area contributed by atoms with Crippen molar-refractivity contribution in [2.45, 2.75) is 47.1 Å². The van der Waals surface area contributed by atoms with Gasteiger partial charge < -0.3 is 10.1 Å². The van der Waals surface area contributed by atoms with Crippen molar-refractivity contribution in [3.63, 3.8) is 0 Å². The lowest BCUT2D eigenvalue weighted by Gasteiger charge is -2.14. The van der Waals surface area contributed by atoms with Crippen LogP contribution in [-0.4, -0.2) is 29.4 Å². The lowest BCUT2D eigenvalue weighted by molar-refractivity contribution is -0.136. The first-order valence-corrected chi connectivity index (χ1v) is 10.0. The van der Waals surface area contributed by atoms with Crippen LogP contribution in [0.25, 0.3) is 5.57 Å². The van der Waals surface area contributed by atoms with Crippen molar-refractivity contribution >= 4 is 23.1 Å². The van der Waals surface area contributed by atoms with Crippen molar-refractivity contribution in [3.8, 4) is 5.75 Å². The Hall–Kier alpha value is -3.08. The molecule has 2 aromatic rings. The minimum absolute atomic E-state index is 0.0665. The molecule has 0 saturated carbocycles. The summed E-state index contributed by atoms with van der Waals surface area (Å²) in [6.07, 6.45) is 0.778. The van der Waals surface area contributed by atoms with Gasteiger partial charge in [0.2, 0.25) is 0 Å². The van der Waals surface area contributed by atoms with Crippen LogP contribution in [0.3, 0.4) is 0 Å². The quantitative estimate of drug-likeness (QED) is 0.695. The van der Waals surface area contributed by atoms with Gasteiger partial charge in [-0.3, -0.25) is 14.5 Å². The molecule has 0 fully saturated rings. The molecule has 1 heterocycles. The number of benzene rings is 2. The van der Waals surface area contributed by atoms with Gasteiger partial charge in [-0.2, -0.15) is 0 Å². The van der Waals surface area contributed by atoms with Crippen molar-refractivity contribution < 1.29 is 14.3 Å². The maximum Gasteiger partial charge on any atom is 0.278 e. The summed E-state index contributed by atoms with van der Waals surface area (Å²) in [4.78, 5) is 27.4. The molecule has 0 radical (unpaired) electrons. The molecule has 0 saturated heterocycles. The van der Waals surface area contributed by atoms with E-state index >= 15 is 0 Å². The number of carbonyl (C=O) groups is 2. The molecule has 3 rings (SSSR count). The number of imide groups is 1. The first-order chi connectivity index (χ1) is 13.8. The van der Waals surface area contributed by atoms with Crippen molar-refractivity contribution in [2.24, 2.45) is 0 Å². The van der Waals surface area contributed by atoms with Gasteiger partial charge in [-0.05, 0) is 75.1 Å². The fourth-order valence-corrected chi connectivity index (χ4v) is 3.32. The van der Waals surface area contributed by atoms with Crippen molar-refractivity contribution in [3.05, 3.63) is 64.9 Å². The Labute approximate surface area is 172 Å². The van der Waals surface area contributed by atoms with Crippen LogP contribution >= 0.6 is 0 Å². The summed E-state index contributed by atoms with van der Waals surface area (Å²) in [5.74, 6) is 0.184. The van der Waals surface area contributed by atoms with E-state index in [1.165, 1.54) is 10.5 Å². The highest BCUT2D eigenvalue weighted by molar-refractivity contribution is 6.36. The van der Waals surface area contributed by atoms with Gasteiger partial charge in [0.15, 0.2) is 0 Å². The number of aryl methyl sites for hydroxylation is 2. The molecule has 152 valence electrons. The SMILES string of the molecule is CCCN1C(=O)C(Nc2ccc(C)c(C)c2)=C(c2ccc(OC(C)C)cc2)C1=O. The summed E-state index contributed by atoms with van der Waals surface area (Å²) < 4.78 is 5.69. The van der Waals surface area contributed by atoms with Crippen LogP contribution in [0.15, 0.2) is 48.2 Å². The monoisotopic (exact) mass is 392 g/mol. The normalized spacial score (nSPS) is 14.2. The number of hydrogen-bond acceptors (Lipinski definition) is 4. The van der Waals surface area contributed by atoms with E-state index in [1.54, 1.807) is 0 Å². The predicted octanol–water partition coefficient (Wildman–Crippen LogP) is 4.69. The molecule has 5 heteroatoms. The third kappa shape index (κ3) is 4.34. The lowest BCUT2D eigenvalue weighted by atomic mass is 10.0. The summed E-state index contributed by atoms with van der Waals surface area (Å²) in [6, 6.07) is 13.2. The van der Waals surface area contributed by atoms with Crippen molar-refractivity contribution in [1.29, 1.82) is 0 Å². The van der Waals surface area contributed by atoms with Crippen LogP contribution < -0.4 is 10.1 Å². The molecule has 1 aliphatic rings. The predicted molar refractivity (Wildman–Crippen MR) is 116 cm³/mol. The molecule has 0 bridgehead atoms. The molecule has 1 aliphatic heterocycles. The Kier molecular flexibility index (Phi) is 6.06. The third-order valence-corrected chi connectivity index (χ3v) is 4.91. The van der Waals surface area contributed by atoms with Gasteiger partial charge in [-0.15, -0.1) is 0 Å². The highest BCUT2D eigenvalue weighted by Gasteiger charge is 2.38. The maximum atomic E-state index is 13.1. The second kappa shape index (κ2) is 8.52. The molecule has 0 spiro atoms. The number of anilines is 1. The van der Waals surface area contributed by atoms with E-state index < -0.39 is 0 Å². The fourth-order valence-electron chi connectivity index (χ4n) is 3.32. The first-order valence-electron chi connectivity index (χ1n) is 10.0. The van der Waals surface area contributed by atoms with E-state index in [-0.39, 0.29) is 17.9 Å². The van der Waals surface area contributed by atoms with E-state index in [0.29, 0.717) is 29.8 Å². The van der Waals surface area contributed by atoms with Gasteiger partial charge in [0.25, 0.3) is 11.8 Å². The number of carbonyl (C=O) groups excluding carboxylic acids is 2. The van der Waals surface area contributed by atoms with Crippen LogP contribution in [0.1, 0.15) is 43.9 Å². The summed E-state index contributed by atoms with van der Waals surface area (Å²) in [7, 11) is 0. The Bertz CT molecular complexity index is 959. The van der Waals surface area contributed by atoms with Gasteiger partial charge in [0, 0.05) is 12.2 Å². The summed E-state index contributed by atoms with van der Waals surface area (Å²) in [5.41, 5.74) is 4.51. The average molecular weight is 392 g/mol. The maximum absolute atomic E-state index is 13.1. The van der Waals surface area contributed by atoms with Gasteiger partial charge in [-0.25, -0.2) is 0 Å². The van der Waals surface area contributed by atoms with Gasteiger partial charge >= 0.3 is 0 Å². The van der Waals surface area contributed by atoms with E-state index in [0.717, 1.165) is 17.0 Å². The number of hydrogen-bond donors (Lipinski definition) is 1. The van der Waals surface area contributed by atoms with Crippen molar-refractivity contribution in [2.75, 3.05) is 11.9 Å². The van der Waals surface area contributed by atoms with Crippen LogP contribution in [0, 0.1) is 13.8 Å². The fraction of sp³-hybridized carbons (Fsp3) is 0.333. The second-order valence-electron chi connectivity index (χ2n) is 7.63. The topological polar surface area (TPSA) is 58.6 Å². The van der Waals surface area contributed by atoms with E-state index in [9.17, 15) is 9.59 Å². The van der Waals surface area contributed by atoms with Crippen LogP contribution in [0.5, 0.6) is 5.75 Å². The number of amides is 2. The molecule has 2 aromatic carbocycles. The van der Waals surface area contributed by atoms with E-state index in [1.807, 2.05) is 77.1 Å².